The molecule has 0 unspecified atom stereocenters. The molecule has 2 aromatic rings. The fourth-order valence-electron chi connectivity index (χ4n) is 2.75. The van der Waals surface area contributed by atoms with Crippen LogP contribution in [0.4, 0.5) is 11.4 Å². The fourth-order valence-corrected chi connectivity index (χ4v) is 2.75. The minimum atomic E-state index is -0.167. The van der Waals surface area contributed by atoms with Gasteiger partial charge in [-0.2, -0.15) is 4.98 Å². The van der Waals surface area contributed by atoms with Gasteiger partial charge in [0, 0.05) is 19.0 Å². The van der Waals surface area contributed by atoms with E-state index in [1.54, 1.807) is 0 Å². The van der Waals surface area contributed by atoms with Gasteiger partial charge in [-0.25, -0.2) is 0 Å². The zero-order valence-electron chi connectivity index (χ0n) is 13.7. The fraction of sp³-hybridized carbons (Fsp3) is 0.529. The van der Waals surface area contributed by atoms with Crippen LogP contribution in [0.25, 0.3) is 0 Å². The molecule has 0 radical (unpaired) electrons. The quantitative estimate of drug-likeness (QED) is 0.883. The highest BCUT2D eigenvalue weighted by Gasteiger charge is 2.19. The first-order chi connectivity index (χ1) is 11.1. The van der Waals surface area contributed by atoms with Crippen LogP contribution < -0.4 is 10.2 Å². The zero-order chi connectivity index (χ0) is 16.2. The summed E-state index contributed by atoms with van der Waals surface area (Å²) in [6, 6.07) is 8.22. The number of hydrogen-bond donors (Lipinski definition) is 2. The molecule has 0 atom stereocenters. The Morgan fingerprint density at radius 1 is 1.30 bits per heavy atom. The van der Waals surface area contributed by atoms with Crippen LogP contribution >= 0.6 is 0 Å². The monoisotopic (exact) mass is 316 g/mol. The molecular weight excluding hydrogens is 292 g/mol. The predicted molar refractivity (Wildman–Crippen MR) is 89.6 cm³/mol. The summed E-state index contributed by atoms with van der Waals surface area (Å²) in [5.74, 6) is 1.57. The van der Waals surface area contributed by atoms with Crippen molar-refractivity contribution in [2.45, 2.75) is 45.3 Å². The number of para-hydroxylation sites is 2. The van der Waals surface area contributed by atoms with Crippen molar-refractivity contribution in [3.05, 3.63) is 36.0 Å². The standard InChI is InChI=1S/C17H24N4O2/c1-12(2)17-19-16(20-23-17)11-18-14-5-3-4-6-15(14)21-9-7-13(22)8-10-21/h3-6,12-13,18,22H,7-11H2,1-2H3. The highest BCUT2D eigenvalue weighted by Crippen LogP contribution is 2.28. The molecule has 23 heavy (non-hydrogen) atoms. The zero-order valence-corrected chi connectivity index (χ0v) is 13.7. The summed E-state index contributed by atoms with van der Waals surface area (Å²) in [7, 11) is 0. The van der Waals surface area contributed by atoms with Crippen molar-refractivity contribution in [3.8, 4) is 0 Å². The molecule has 3 rings (SSSR count). The molecule has 0 spiro atoms. The van der Waals surface area contributed by atoms with E-state index in [4.69, 9.17) is 4.52 Å². The summed E-state index contributed by atoms with van der Waals surface area (Å²) >= 11 is 0. The summed E-state index contributed by atoms with van der Waals surface area (Å²) in [5, 5.41) is 17.1. The second-order valence-electron chi connectivity index (χ2n) is 6.29. The van der Waals surface area contributed by atoms with E-state index < -0.39 is 0 Å². The highest BCUT2D eigenvalue weighted by atomic mass is 16.5. The molecule has 1 aliphatic heterocycles. The molecule has 2 N–H and O–H groups in total. The topological polar surface area (TPSA) is 74.4 Å². The molecule has 1 saturated heterocycles. The predicted octanol–water partition coefficient (Wildman–Crippen LogP) is 2.77. The van der Waals surface area contributed by atoms with Crippen LogP contribution in [0.2, 0.25) is 0 Å². The van der Waals surface area contributed by atoms with Crippen LogP contribution in [0, 0.1) is 0 Å². The van der Waals surface area contributed by atoms with E-state index in [0.29, 0.717) is 18.3 Å². The summed E-state index contributed by atoms with van der Waals surface area (Å²) in [6.07, 6.45) is 1.47. The molecule has 0 amide bonds. The van der Waals surface area contributed by atoms with Gasteiger partial charge in [0.25, 0.3) is 0 Å². The van der Waals surface area contributed by atoms with Crippen molar-refractivity contribution in [3.63, 3.8) is 0 Å². The van der Waals surface area contributed by atoms with E-state index >= 15 is 0 Å². The van der Waals surface area contributed by atoms with Crippen LogP contribution in [0.3, 0.4) is 0 Å². The first-order valence-corrected chi connectivity index (χ1v) is 8.22. The molecule has 6 nitrogen and oxygen atoms in total. The summed E-state index contributed by atoms with van der Waals surface area (Å²) in [6.45, 7) is 6.35. The number of benzene rings is 1. The molecular formula is C17H24N4O2. The number of piperidine rings is 1. The third kappa shape index (κ3) is 3.82. The Bertz CT molecular complexity index is 633. The Hall–Kier alpha value is -2.08. The average Bonchev–Trinajstić information content (AvgIpc) is 3.03. The van der Waals surface area contributed by atoms with E-state index in [0.717, 1.165) is 37.3 Å². The van der Waals surface area contributed by atoms with E-state index in [-0.39, 0.29) is 12.0 Å². The van der Waals surface area contributed by atoms with Crippen LogP contribution in [0.1, 0.15) is 44.3 Å². The molecule has 1 aliphatic rings. The number of aromatic nitrogens is 2. The second-order valence-corrected chi connectivity index (χ2v) is 6.29. The summed E-state index contributed by atoms with van der Waals surface area (Å²) in [4.78, 5) is 6.70. The molecule has 1 aromatic heterocycles. The van der Waals surface area contributed by atoms with Gasteiger partial charge in [0.15, 0.2) is 5.82 Å². The molecule has 6 heteroatoms. The Labute approximate surface area is 136 Å². The Morgan fingerprint density at radius 3 is 2.74 bits per heavy atom. The van der Waals surface area contributed by atoms with E-state index in [9.17, 15) is 5.11 Å². The molecule has 2 heterocycles. The third-order valence-corrected chi connectivity index (χ3v) is 4.12. The first kappa shape index (κ1) is 15.8. The first-order valence-electron chi connectivity index (χ1n) is 8.22. The number of aliphatic hydroxyl groups excluding tert-OH is 1. The largest absolute Gasteiger partial charge is 0.393 e. The average molecular weight is 316 g/mol. The Morgan fingerprint density at radius 2 is 2.04 bits per heavy atom. The molecule has 1 aromatic carbocycles. The third-order valence-electron chi connectivity index (χ3n) is 4.12. The molecule has 0 aliphatic carbocycles. The number of anilines is 2. The van der Waals surface area contributed by atoms with E-state index in [1.165, 1.54) is 0 Å². The van der Waals surface area contributed by atoms with Gasteiger partial charge in [0.1, 0.15) is 0 Å². The number of aliphatic hydroxyl groups is 1. The SMILES string of the molecule is CC(C)c1nc(CNc2ccccc2N2CCC(O)CC2)no1. The van der Waals surface area contributed by atoms with Crippen LogP contribution in [-0.4, -0.2) is 34.4 Å². The minimum absolute atomic E-state index is 0.167. The lowest BCUT2D eigenvalue weighted by atomic mass is 10.1. The van der Waals surface area contributed by atoms with Gasteiger partial charge >= 0.3 is 0 Å². The van der Waals surface area contributed by atoms with Gasteiger partial charge in [-0.15, -0.1) is 0 Å². The van der Waals surface area contributed by atoms with Gasteiger partial charge in [0.05, 0.1) is 24.0 Å². The maximum absolute atomic E-state index is 9.67. The lowest BCUT2D eigenvalue weighted by Gasteiger charge is -2.32. The Kier molecular flexibility index (Phi) is 4.81. The van der Waals surface area contributed by atoms with Crippen molar-refractivity contribution >= 4 is 11.4 Å². The van der Waals surface area contributed by atoms with Crippen LogP contribution in [0.15, 0.2) is 28.8 Å². The van der Waals surface area contributed by atoms with Crippen molar-refractivity contribution in [2.75, 3.05) is 23.3 Å². The second kappa shape index (κ2) is 7.00. The van der Waals surface area contributed by atoms with Crippen LogP contribution in [-0.2, 0) is 6.54 Å². The van der Waals surface area contributed by atoms with Crippen LogP contribution in [0.5, 0.6) is 0 Å². The maximum Gasteiger partial charge on any atom is 0.229 e. The lowest BCUT2D eigenvalue weighted by Crippen LogP contribution is -2.36. The smallest absolute Gasteiger partial charge is 0.229 e. The number of nitrogens with one attached hydrogen (secondary N) is 1. The van der Waals surface area contributed by atoms with Gasteiger partial charge < -0.3 is 19.8 Å². The van der Waals surface area contributed by atoms with Gasteiger partial charge in [-0.05, 0) is 25.0 Å². The van der Waals surface area contributed by atoms with Crippen molar-refractivity contribution in [1.29, 1.82) is 0 Å². The van der Waals surface area contributed by atoms with Crippen molar-refractivity contribution in [2.24, 2.45) is 0 Å². The Balaban J connectivity index is 1.68. The number of nitrogens with zero attached hydrogens (tertiary/aromatic N) is 3. The lowest BCUT2D eigenvalue weighted by molar-refractivity contribution is 0.145. The summed E-state index contributed by atoms with van der Waals surface area (Å²) < 4.78 is 5.23. The number of hydrogen-bond acceptors (Lipinski definition) is 6. The van der Waals surface area contributed by atoms with E-state index in [1.807, 2.05) is 26.0 Å². The van der Waals surface area contributed by atoms with Crippen molar-refractivity contribution in [1.82, 2.24) is 10.1 Å². The van der Waals surface area contributed by atoms with Gasteiger partial charge in [0.2, 0.25) is 5.89 Å². The van der Waals surface area contributed by atoms with Crippen molar-refractivity contribution < 1.29 is 9.63 Å². The normalized spacial score (nSPS) is 16.1. The van der Waals surface area contributed by atoms with E-state index in [2.05, 4.69) is 32.5 Å². The number of rotatable bonds is 5. The highest BCUT2D eigenvalue weighted by molar-refractivity contribution is 5.70. The maximum atomic E-state index is 9.67. The molecule has 1 fully saturated rings. The molecule has 124 valence electrons. The molecule has 0 saturated carbocycles. The molecule has 0 bridgehead atoms. The summed E-state index contributed by atoms with van der Waals surface area (Å²) in [5.41, 5.74) is 2.21. The minimum Gasteiger partial charge on any atom is -0.393 e. The van der Waals surface area contributed by atoms with Gasteiger partial charge in [-0.1, -0.05) is 31.1 Å². The van der Waals surface area contributed by atoms with Gasteiger partial charge in [-0.3, -0.25) is 0 Å².